The minimum atomic E-state index is 1.30. The summed E-state index contributed by atoms with van der Waals surface area (Å²) in [7, 11) is 0. The van der Waals surface area contributed by atoms with Crippen LogP contribution in [0.25, 0.3) is 0 Å². The summed E-state index contributed by atoms with van der Waals surface area (Å²) < 4.78 is 0. The Morgan fingerprint density at radius 1 is 0.778 bits per heavy atom. The molecule has 3 heteroatoms. The summed E-state index contributed by atoms with van der Waals surface area (Å²) in [6.07, 6.45) is 4.32. The zero-order valence-electron chi connectivity index (χ0n) is 6.05. The fourth-order valence-electron chi connectivity index (χ4n) is 0.387. The molecule has 0 aromatic carbocycles. The zero-order valence-corrected chi connectivity index (χ0v) is 8.50. The molecule has 0 aromatic heterocycles. The molecule has 0 rings (SSSR count). The van der Waals surface area contributed by atoms with E-state index in [4.69, 9.17) is 0 Å². The van der Waals surface area contributed by atoms with Crippen LogP contribution in [0.1, 0.15) is 0 Å². The molecular weight excluding hydrogens is 168 g/mol. The average Bonchev–Trinajstić information content (AvgIpc) is 1.89. The van der Waals surface area contributed by atoms with Gasteiger partial charge in [-0.15, -0.1) is 0 Å². The van der Waals surface area contributed by atoms with Crippen LogP contribution in [-0.4, -0.2) is 35.5 Å². The maximum atomic E-state index is 2.16. The van der Waals surface area contributed by atoms with Crippen LogP contribution in [0.2, 0.25) is 0 Å². The number of thioether (sulfide) groups is 3. The van der Waals surface area contributed by atoms with Crippen LogP contribution in [0, 0.1) is 0 Å². The van der Waals surface area contributed by atoms with Crippen LogP contribution < -0.4 is 0 Å². The maximum Gasteiger partial charge on any atom is 0.00237 e. The lowest BCUT2D eigenvalue weighted by atomic mass is 10.9. The van der Waals surface area contributed by atoms with Gasteiger partial charge in [0.05, 0.1) is 0 Å². The van der Waals surface area contributed by atoms with Gasteiger partial charge in [-0.3, -0.25) is 0 Å². The van der Waals surface area contributed by atoms with Crippen molar-refractivity contribution < 1.29 is 0 Å². The van der Waals surface area contributed by atoms with Gasteiger partial charge < -0.3 is 0 Å². The summed E-state index contributed by atoms with van der Waals surface area (Å²) in [4.78, 5) is 0. The molecule has 0 nitrogen and oxygen atoms in total. The van der Waals surface area contributed by atoms with Crippen molar-refractivity contribution in [2.75, 3.05) is 35.5 Å². The first kappa shape index (κ1) is 10.0. The third kappa shape index (κ3) is 9.05. The van der Waals surface area contributed by atoms with Crippen LogP contribution in [-0.2, 0) is 0 Å². The second kappa shape index (κ2) is 9.05. The molecule has 0 atom stereocenters. The monoisotopic (exact) mass is 182 g/mol. The Bertz CT molecular complexity index is 41.6. The van der Waals surface area contributed by atoms with Crippen LogP contribution >= 0.6 is 35.3 Å². The van der Waals surface area contributed by atoms with Crippen molar-refractivity contribution in [3.05, 3.63) is 0 Å². The van der Waals surface area contributed by atoms with Crippen molar-refractivity contribution in [3.8, 4) is 0 Å². The molecule has 9 heavy (non-hydrogen) atoms. The van der Waals surface area contributed by atoms with Crippen molar-refractivity contribution in [1.82, 2.24) is 0 Å². The summed E-state index contributed by atoms with van der Waals surface area (Å²) >= 11 is 5.92. The highest BCUT2D eigenvalue weighted by atomic mass is 32.2. The largest absolute Gasteiger partial charge is 0.165 e. The Kier molecular flexibility index (Phi) is 10.1. The Labute approximate surface area is 70.9 Å². The minimum Gasteiger partial charge on any atom is -0.165 e. The fourth-order valence-corrected chi connectivity index (χ4v) is 2.87. The van der Waals surface area contributed by atoms with Gasteiger partial charge in [0.25, 0.3) is 0 Å². The number of hydrogen-bond donors (Lipinski definition) is 0. The van der Waals surface area contributed by atoms with Gasteiger partial charge in [-0.1, -0.05) is 0 Å². The summed E-state index contributed by atoms with van der Waals surface area (Å²) in [5.41, 5.74) is 0. The maximum absolute atomic E-state index is 2.16. The molecule has 0 unspecified atom stereocenters. The van der Waals surface area contributed by atoms with Crippen LogP contribution in [0.3, 0.4) is 0 Å². The fraction of sp³-hybridized carbons (Fsp3) is 1.00. The third-order valence-corrected chi connectivity index (χ3v) is 3.59. The smallest absolute Gasteiger partial charge is 0.00237 e. The normalized spacial score (nSPS) is 10.0. The van der Waals surface area contributed by atoms with Crippen molar-refractivity contribution in [3.63, 3.8) is 0 Å². The summed E-state index contributed by atoms with van der Waals surface area (Å²) in [6, 6.07) is 0. The van der Waals surface area contributed by atoms with Gasteiger partial charge in [0.15, 0.2) is 0 Å². The highest BCUT2D eigenvalue weighted by molar-refractivity contribution is 8.04. The molecule has 0 aliphatic heterocycles. The lowest BCUT2D eigenvalue weighted by molar-refractivity contribution is 1.49. The first-order valence-corrected chi connectivity index (χ1v) is 6.91. The molecule has 0 aromatic rings. The second-order valence-corrected chi connectivity index (χ2v) is 4.79. The van der Waals surface area contributed by atoms with E-state index in [0.29, 0.717) is 0 Å². The number of rotatable bonds is 6. The Hall–Kier alpha value is 1.05. The topological polar surface area (TPSA) is 0 Å². The molecule has 0 bridgehead atoms. The van der Waals surface area contributed by atoms with Gasteiger partial charge >= 0.3 is 0 Å². The lowest BCUT2D eigenvalue weighted by Crippen LogP contribution is -1.87. The van der Waals surface area contributed by atoms with E-state index in [9.17, 15) is 0 Å². The lowest BCUT2D eigenvalue weighted by Gasteiger charge is -1.96. The van der Waals surface area contributed by atoms with Crippen LogP contribution in [0.15, 0.2) is 0 Å². The summed E-state index contributed by atoms with van der Waals surface area (Å²) in [5.74, 6) is 5.25. The van der Waals surface area contributed by atoms with Crippen LogP contribution in [0.4, 0.5) is 0 Å². The molecule has 0 amide bonds. The van der Waals surface area contributed by atoms with Crippen molar-refractivity contribution in [2.45, 2.75) is 0 Å². The molecule has 0 saturated carbocycles. The molecule has 0 spiro atoms. The van der Waals surface area contributed by atoms with E-state index in [-0.39, 0.29) is 0 Å². The predicted molar refractivity (Wildman–Crippen MR) is 54.1 cm³/mol. The van der Waals surface area contributed by atoms with Gasteiger partial charge in [-0.25, -0.2) is 0 Å². The van der Waals surface area contributed by atoms with Crippen molar-refractivity contribution in [1.29, 1.82) is 0 Å². The minimum absolute atomic E-state index is 1.30. The molecular formula is C6H14S3. The molecule has 0 saturated heterocycles. The average molecular weight is 182 g/mol. The summed E-state index contributed by atoms with van der Waals surface area (Å²) in [6.45, 7) is 0. The van der Waals surface area contributed by atoms with E-state index >= 15 is 0 Å². The van der Waals surface area contributed by atoms with E-state index in [1.54, 1.807) is 0 Å². The zero-order chi connectivity index (χ0) is 6.95. The van der Waals surface area contributed by atoms with Gasteiger partial charge in [0.2, 0.25) is 0 Å². The molecule has 0 fully saturated rings. The molecule has 0 N–H and O–H groups in total. The molecule has 0 radical (unpaired) electrons. The second-order valence-electron chi connectivity index (χ2n) is 1.60. The van der Waals surface area contributed by atoms with E-state index in [1.807, 2.05) is 23.5 Å². The van der Waals surface area contributed by atoms with Gasteiger partial charge in [-0.05, 0) is 12.5 Å². The number of hydrogen-bond acceptors (Lipinski definition) is 3. The van der Waals surface area contributed by atoms with E-state index < -0.39 is 0 Å². The molecule has 0 heterocycles. The Morgan fingerprint density at radius 2 is 1.22 bits per heavy atom. The van der Waals surface area contributed by atoms with E-state index in [2.05, 4.69) is 24.3 Å². The Morgan fingerprint density at radius 3 is 1.56 bits per heavy atom. The first-order chi connectivity index (χ1) is 4.41. The quantitative estimate of drug-likeness (QED) is 0.579. The van der Waals surface area contributed by atoms with Gasteiger partial charge in [0, 0.05) is 23.0 Å². The molecule has 0 aliphatic carbocycles. The summed E-state index contributed by atoms with van der Waals surface area (Å²) in [5, 5.41) is 0. The van der Waals surface area contributed by atoms with Crippen LogP contribution in [0.5, 0.6) is 0 Å². The first-order valence-electron chi connectivity index (χ1n) is 2.97. The van der Waals surface area contributed by atoms with E-state index in [1.165, 1.54) is 23.0 Å². The van der Waals surface area contributed by atoms with Crippen molar-refractivity contribution >= 4 is 35.3 Å². The van der Waals surface area contributed by atoms with E-state index in [0.717, 1.165) is 0 Å². The third-order valence-electron chi connectivity index (χ3n) is 0.864. The Balaban J connectivity index is 2.60. The molecule has 56 valence electrons. The van der Waals surface area contributed by atoms with Gasteiger partial charge in [-0.2, -0.15) is 35.3 Å². The highest BCUT2D eigenvalue weighted by Gasteiger charge is 1.86. The highest BCUT2D eigenvalue weighted by Crippen LogP contribution is 2.06. The SMILES string of the molecule is CSCCSCCSC. The standard InChI is InChI=1S/C6H14S3/c1-7-3-5-9-6-4-8-2/h3-6H2,1-2H3. The molecule has 0 aliphatic rings. The van der Waals surface area contributed by atoms with Gasteiger partial charge in [0.1, 0.15) is 0 Å². The van der Waals surface area contributed by atoms with Crippen molar-refractivity contribution in [2.24, 2.45) is 0 Å². The predicted octanol–water partition coefficient (Wildman–Crippen LogP) is 2.45.